The molecule has 9 heteroatoms. The molecular formula is C14H22N2O6S. The maximum atomic E-state index is 12.2. The second-order valence-corrected chi connectivity index (χ2v) is 6.26. The number of rotatable bonds is 10. The van der Waals surface area contributed by atoms with E-state index >= 15 is 0 Å². The molecule has 0 aliphatic carbocycles. The number of benzene rings is 1. The van der Waals surface area contributed by atoms with Crippen LogP contribution in [0.3, 0.4) is 0 Å². The first kappa shape index (κ1) is 19.4. The normalized spacial score (nSPS) is 11.3. The predicted molar refractivity (Wildman–Crippen MR) is 84.3 cm³/mol. The molecule has 2 N–H and O–H groups in total. The summed E-state index contributed by atoms with van der Waals surface area (Å²) in [6.45, 7) is 1.86. The van der Waals surface area contributed by atoms with Crippen molar-refractivity contribution in [2.24, 2.45) is 0 Å². The Bertz CT molecular complexity index is 618. The Morgan fingerprint density at radius 1 is 1.13 bits per heavy atom. The summed E-state index contributed by atoms with van der Waals surface area (Å²) in [5, 5.41) is 3.02. The smallest absolute Gasteiger partial charge is 0.341 e. The van der Waals surface area contributed by atoms with Crippen molar-refractivity contribution >= 4 is 16.0 Å². The highest BCUT2D eigenvalue weighted by molar-refractivity contribution is 7.89. The molecule has 0 fully saturated rings. The summed E-state index contributed by atoms with van der Waals surface area (Å²) in [6.07, 6.45) is 0. The quantitative estimate of drug-likeness (QED) is 0.454. The molecule has 8 nitrogen and oxygen atoms in total. The first-order valence-corrected chi connectivity index (χ1v) is 8.40. The van der Waals surface area contributed by atoms with Gasteiger partial charge in [-0.3, -0.25) is 0 Å². The Morgan fingerprint density at radius 3 is 2.48 bits per heavy atom. The van der Waals surface area contributed by atoms with Crippen molar-refractivity contribution in [1.29, 1.82) is 0 Å². The summed E-state index contributed by atoms with van der Waals surface area (Å²) < 4.78 is 41.4. The standard InChI is InChI=1S/C14H22N2O6S/c1-20-9-8-15-6-7-16-23(18,19)11-4-5-13(21-2)12(10-11)14(17)22-3/h4-5,10,15-16H,6-9H2,1-3H3. The Morgan fingerprint density at radius 2 is 1.87 bits per heavy atom. The van der Waals surface area contributed by atoms with Crippen molar-refractivity contribution in [3.63, 3.8) is 0 Å². The monoisotopic (exact) mass is 346 g/mol. The van der Waals surface area contributed by atoms with Crippen LogP contribution in [0, 0.1) is 0 Å². The molecule has 0 saturated carbocycles. The van der Waals surface area contributed by atoms with Crippen LogP contribution in [0.2, 0.25) is 0 Å². The van der Waals surface area contributed by atoms with Gasteiger partial charge < -0.3 is 19.5 Å². The summed E-state index contributed by atoms with van der Waals surface area (Å²) in [5.74, 6) is -0.419. The number of hydrogen-bond donors (Lipinski definition) is 2. The lowest BCUT2D eigenvalue weighted by Crippen LogP contribution is -2.33. The molecule has 23 heavy (non-hydrogen) atoms. The van der Waals surface area contributed by atoms with Gasteiger partial charge in [-0.05, 0) is 18.2 Å². The number of carbonyl (C=O) groups is 1. The third-order valence-electron chi connectivity index (χ3n) is 2.96. The van der Waals surface area contributed by atoms with Gasteiger partial charge in [-0.15, -0.1) is 0 Å². The van der Waals surface area contributed by atoms with Crippen LogP contribution in [-0.2, 0) is 19.5 Å². The fourth-order valence-electron chi connectivity index (χ4n) is 1.78. The molecule has 0 aliphatic rings. The van der Waals surface area contributed by atoms with Gasteiger partial charge in [0.1, 0.15) is 11.3 Å². The molecule has 130 valence electrons. The van der Waals surface area contributed by atoms with E-state index in [1.165, 1.54) is 32.4 Å². The molecule has 0 radical (unpaired) electrons. The molecule has 0 aliphatic heterocycles. The Hall–Kier alpha value is -1.68. The van der Waals surface area contributed by atoms with E-state index in [1.54, 1.807) is 7.11 Å². The SMILES string of the molecule is COCCNCCNS(=O)(=O)c1ccc(OC)c(C(=O)OC)c1. The molecule has 0 heterocycles. The molecule has 0 bridgehead atoms. The predicted octanol–water partition coefficient (Wildman–Crippen LogP) is -0.00390. The lowest BCUT2D eigenvalue weighted by atomic mass is 10.2. The first-order valence-electron chi connectivity index (χ1n) is 6.92. The van der Waals surface area contributed by atoms with Crippen molar-refractivity contribution in [3.05, 3.63) is 23.8 Å². The van der Waals surface area contributed by atoms with Crippen LogP contribution in [-0.4, -0.2) is 62.0 Å². The molecule has 1 aromatic rings. The maximum Gasteiger partial charge on any atom is 0.341 e. The number of methoxy groups -OCH3 is 3. The van der Waals surface area contributed by atoms with E-state index in [-0.39, 0.29) is 22.8 Å². The van der Waals surface area contributed by atoms with Crippen LogP contribution >= 0.6 is 0 Å². The molecule has 0 amide bonds. The molecule has 0 spiro atoms. The molecule has 0 unspecified atom stereocenters. The van der Waals surface area contributed by atoms with Crippen LogP contribution in [0.15, 0.2) is 23.1 Å². The highest BCUT2D eigenvalue weighted by Crippen LogP contribution is 2.23. The van der Waals surface area contributed by atoms with Crippen LogP contribution in [0.25, 0.3) is 0 Å². The second-order valence-electron chi connectivity index (χ2n) is 4.49. The van der Waals surface area contributed by atoms with E-state index in [9.17, 15) is 13.2 Å². The molecule has 0 aromatic heterocycles. The van der Waals surface area contributed by atoms with Gasteiger partial charge in [-0.1, -0.05) is 0 Å². The van der Waals surface area contributed by atoms with Crippen molar-refractivity contribution in [2.75, 3.05) is 47.6 Å². The van der Waals surface area contributed by atoms with Gasteiger partial charge in [0.25, 0.3) is 0 Å². The lowest BCUT2D eigenvalue weighted by molar-refractivity contribution is 0.0597. The lowest BCUT2D eigenvalue weighted by Gasteiger charge is -2.11. The van der Waals surface area contributed by atoms with Gasteiger partial charge in [0, 0.05) is 26.7 Å². The molecule has 1 rings (SSSR count). The average Bonchev–Trinajstić information content (AvgIpc) is 2.56. The highest BCUT2D eigenvalue weighted by atomic mass is 32.2. The minimum atomic E-state index is -3.73. The Kier molecular flexibility index (Phi) is 7.96. The third kappa shape index (κ3) is 5.79. The van der Waals surface area contributed by atoms with Gasteiger partial charge in [-0.25, -0.2) is 17.9 Å². The topological polar surface area (TPSA) is 103 Å². The molecule has 0 saturated heterocycles. The molecule has 0 atom stereocenters. The number of nitrogens with one attached hydrogen (secondary N) is 2. The van der Waals surface area contributed by atoms with Crippen molar-refractivity contribution in [1.82, 2.24) is 10.0 Å². The number of carbonyl (C=O) groups excluding carboxylic acids is 1. The van der Waals surface area contributed by atoms with Crippen molar-refractivity contribution in [2.45, 2.75) is 4.90 Å². The van der Waals surface area contributed by atoms with E-state index in [4.69, 9.17) is 9.47 Å². The third-order valence-corrected chi connectivity index (χ3v) is 4.42. The highest BCUT2D eigenvalue weighted by Gasteiger charge is 2.19. The van der Waals surface area contributed by atoms with Gasteiger partial charge in [0.15, 0.2) is 0 Å². The van der Waals surface area contributed by atoms with Gasteiger partial charge in [0.2, 0.25) is 10.0 Å². The zero-order valence-corrected chi connectivity index (χ0v) is 14.2. The average molecular weight is 346 g/mol. The van der Waals surface area contributed by atoms with Gasteiger partial charge in [-0.2, -0.15) is 0 Å². The van der Waals surface area contributed by atoms with Gasteiger partial charge in [0.05, 0.1) is 25.7 Å². The largest absolute Gasteiger partial charge is 0.496 e. The zero-order chi connectivity index (χ0) is 17.3. The minimum Gasteiger partial charge on any atom is -0.496 e. The van der Waals surface area contributed by atoms with Crippen LogP contribution in [0.1, 0.15) is 10.4 Å². The summed E-state index contributed by atoms with van der Waals surface area (Å²) in [6, 6.07) is 4.01. The Labute approximate surface area is 136 Å². The zero-order valence-electron chi connectivity index (χ0n) is 13.4. The summed E-state index contributed by atoms with van der Waals surface area (Å²) >= 11 is 0. The molecule has 1 aromatic carbocycles. The van der Waals surface area contributed by atoms with Crippen LogP contribution in [0.5, 0.6) is 5.75 Å². The maximum absolute atomic E-state index is 12.2. The number of sulfonamides is 1. The van der Waals surface area contributed by atoms with Gasteiger partial charge >= 0.3 is 5.97 Å². The van der Waals surface area contributed by atoms with Crippen molar-refractivity contribution in [3.8, 4) is 5.75 Å². The van der Waals surface area contributed by atoms with Crippen molar-refractivity contribution < 1.29 is 27.4 Å². The summed E-state index contributed by atoms with van der Waals surface area (Å²) in [4.78, 5) is 11.7. The summed E-state index contributed by atoms with van der Waals surface area (Å²) in [5.41, 5.74) is 0.0519. The van der Waals surface area contributed by atoms with E-state index in [0.717, 1.165) is 0 Å². The van der Waals surface area contributed by atoms with E-state index in [2.05, 4.69) is 14.8 Å². The van der Waals surface area contributed by atoms with Crippen LogP contribution in [0.4, 0.5) is 0 Å². The minimum absolute atomic E-state index is 0.0319. The number of esters is 1. The number of hydrogen-bond acceptors (Lipinski definition) is 7. The first-order chi connectivity index (χ1) is 11.0. The fraction of sp³-hybridized carbons (Fsp3) is 0.500. The van der Waals surface area contributed by atoms with Crippen LogP contribution < -0.4 is 14.8 Å². The fourth-order valence-corrected chi connectivity index (χ4v) is 2.84. The van der Waals surface area contributed by atoms with E-state index in [1.807, 2.05) is 0 Å². The number of ether oxygens (including phenoxy) is 3. The second kappa shape index (κ2) is 9.46. The molecular weight excluding hydrogens is 324 g/mol. The van der Waals surface area contributed by atoms with E-state index < -0.39 is 16.0 Å². The summed E-state index contributed by atoms with van der Waals surface area (Å²) in [7, 11) is 0.467. The Balaban J connectivity index is 2.78. The van der Waals surface area contributed by atoms with E-state index in [0.29, 0.717) is 19.7 Å².